The van der Waals surface area contributed by atoms with Gasteiger partial charge in [-0.25, -0.2) is 0 Å². The first-order valence-electron chi connectivity index (χ1n) is 8.25. The maximum Gasteiger partial charge on any atom is 0.311 e. The average molecular weight is 314 g/mol. The number of nitrogens with zero attached hydrogens (tertiary/aromatic N) is 3. The van der Waals surface area contributed by atoms with Gasteiger partial charge in [-0.05, 0) is 26.1 Å². The standard InChI is InChI=1S/C15H30N4O3/c1-3-17(4-2)7-5-6-16-14(21)15(22)19-10-8-18(9-11-19)12-13-20/h20H,3-13H2,1-2H3,(H,16,21). The Hall–Kier alpha value is -1.18. The van der Waals surface area contributed by atoms with Gasteiger partial charge in [0.2, 0.25) is 0 Å². The van der Waals surface area contributed by atoms with Crippen molar-refractivity contribution in [2.75, 3.05) is 65.5 Å². The zero-order chi connectivity index (χ0) is 16.4. The molecule has 1 rings (SSSR count). The minimum Gasteiger partial charge on any atom is -0.395 e. The van der Waals surface area contributed by atoms with Crippen LogP contribution in [0, 0.1) is 0 Å². The predicted molar refractivity (Wildman–Crippen MR) is 85.5 cm³/mol. The van der Waals surface area contributed by atoms with Crippen molar-refractivity contribution in [1.82, 2.24) is 20.0 Å². The van der Waals surface area contributed by atoms with Gasteiger partial charge in [-0.3, -0.25) is 14.5 Å². The van der Waals surface area contributed by atoms with Crippen LogP contribution in [0.5, 0.6) is 0 Å². The van der Waals surface area contributed by atoms with Gasteiger partial charge in [-0.15, -0.1) is 0 Å². The summed E-state index contributed by atoms with van der Waals surface area (Å²) in [4.78, 5) is 29.9. The normalized spacial score (nSPS) is 16.1. The first kappa shape index (κ1) is 18.9. The minimum atomic E-state index is -0.504. The van der Waals surface area contributed by atoms with Crippen LogP contribution in [0.25, 0.3) is 0 Å². The Morgan fingerprint density at radius 1 is 1.14 bits per heavy atom. The van der Waals surface area contributed by atoms with E-state index in [1.54, 1.807) is 4.90 Å². The molecule has 0 saturated carbocycles. The Bertz CT molecular complexity index is 340. The maximum absolute atomic E-state index is 12.0. The van der Waals surface area contributed by atoms with Crippen LogP contribution in [0.2, 0.25) is 0 Å². The molecule has 0 spiro atoms. The quantitative estimate of drug-likeness (QED) is 0.443. The zero-order valence-corrected chi connectivity index (χ0v) is 13.9. The molecule has 2 N–H and O–H groups in total. The summed E-state index contributed by atoms with van der Waals surface area (Å²) in [6.45, 7) is 11.0. The molecule has 0 atom stereocenters. The van der Waals surface area contributed by atoms with E-state index in [2.05, 4.69) is 29.0 Å². The lowest BCUT2D eigenvalue weighted by Gasteiger charge is -2.33. The van der Waals surface area contributed by atoms with Gasteiger partial charge in [-0.1, -0.05) is 13.8 Å². The number of piperazine rings is 1. The highest BCUT2D eigenvalue weighted by Crippen LogP contribution is 2.01. The Balaban J connectivity index is 2.21. The topological polar surface area (TPSA) is 76.1 Å². The fourth-order valence-corrected chi connectivity index (χ4v) is 2.58. The number of nitrogens with one attached hydrogen (secondary N) is 1. The second kappa shape index (κ2) is 10.5. The van der Waals surface area contributed by atoms with Crippen molar-refractivity contribution in [2.24, 2.45) is 0 Å². The van der Waals surface area contributed by atoms with Crippen LogP contribution in [0.4, 0.5) is 0 Å². The van der Waals surface area contributed by atoms with Gasteiger partial charge in [0.1, 0.15) is 0 Å². The summed E-state index contributed by atoms with van der Waals surface area (Å²) in [6, 6.07) is 0. The molecule has 0 bridgehead atoms. The SMILES string of the molecule is CCN(CC)CCCNC(=O)C(=O)N1CCN(CCO)CC1. The van der Waals surface area contributed by atoms with Crippen molar-refractivity contribution in [3.63, 3.8) is 0 Å². The summed E-state index contributed by atoms with van der Waals surface area (Å²) in [7, 11) is 0. The number of hydrogen-bond acceptors (Lipinski definition) is 5. The molecule has 2 amide bonds. The number of amides is 2. The fraction of sp³-hybridized carbons (Fsp3) is 0.867. The Morgan fingerprint density at radius 2 is 1.77 bits per heavy atom. The number of rotatable bonds is 8. The van der Waals surface area contributed by atoms with Crippen molar-refractivity contribution in [1.29, 1.82) is 0 Å². The van der Waals surface area contributed by atoms with E-state index in [-0.39, 0.29) is 6.61 Å². The Morgan fingerprint density at radius 3 is 2.32 bits per heavy atom. The third kappa shape index (κ3) is 6.29. The Kier molecular flexibility index (Phi) is 9.03. The number of aliphatic hydroxyl groups excluding tert-OH is 1. The predicted octanol–water partition coefficient (Wildman–Crippen LogP) is -1.03. The molecular weight excluding hydrogens is 284 g/mol. The van der Waals surface area contributed by atoms with E-state index in [1.165, 1.54) is 0 Å². The van der Waals surface area contributed by atoms with Crippen LogP contribution in [0.1, 0.15) is 20.3 Å². The molecule has 7 heteroatoms. The molecule has 1 fully saturated rings. The fourth-order valence-electron chi connectivity index (χ4n) is 2.58. The van der Waals surface area contributed by atoms with Crippen molar-refractivity contribution >= 4 is 11.8 Å². The van der Waals surface area contributed by atoms with E-state index in [1.807, 2.05) is 0 Å². The molecule has 0 radical (unpaired) electrons. The molecule has 0 aromatic rings. The first-order chi connectivity index (χ1) is 10.6. The monoisotopic (exact) mass is 314 g/mol. The summed E-state index contributed by atoms with van der Waals surface area (Å²) in [5, 5.41) is 11.6. The highest BCUT2D eigenvalue weighted by Gasteiger charge is 2.25. The Labute approximate surface area is 133 Å². The first-order valence-corrected chi connectivity index (χ1v) is 8.25. The van der Waals surface area contributed by atoms with E-state index < -0.39 is 11.8 Å². The van der Waals surface area contributed by atoms with Gasteiger partial charge < -0.3 is 20.2 Å². The summed E-state index contributed by atoms with van der Waals surface area (Å²) >= 11 is 0. The third-order valence-corrected chi connectivity index (χ3v) is 4.10. The summed E-state index contributed by atoms with van der Waals surface area (Å²) in [5.74, 6) is -0.943. The molecule has 128 valence electrons. The molecule has 1 aliphatic rings. The zero-order valence-electron chi connectivity index (χ0n) is 13.9. The maximum atomic E-state index is 12.0. The van der Waals surface area contributed by atoms with Crippen LogP contribution in [0.3, 0.4) is 0 Å². The van der Waals surface area contributed by atoms with Gasteiger partial charge in [0.05, 0.1) is 6.61 Å². The van der Waals surface area contributed by atoms with Crippen molar-refractivity contribution < 1.29 is 14.7 Å². The number of carbonyl (C=O) groups excluding carboxylic acids is 2. The number of aliphatic hydroxyl groups is 1. The largest absolute Gasteiger partial charge is 0.395 e. The second-order valence-electron chi connectivity index (χ2n) is 5.49. The highest BCUT2D eigenvalue weighted by atomic mass is 16.3. The molecule has 1 saturated heterocycles. The lowest BCUT2D eigenvalue weighted by atomic mass is 10.3. The number of β-amino-alcohol motifs (C(OH)–C–C–N with tert-alkyl or cyclic N) is 1. The molecule has 0 aliphatic carbocycles. The second-order valence-corrected chi connectivity index (χ2v) is 5.49. The van der Waals surface area contributed by atoms with Crippen LogP contribution in [-0.2, 0) is 9.59 Å². The van der Waals surface area contributed by atoms with E-state index >= 15 is 0 Å². The van der Waals surface area contributed by atoms with Gasteiger partial charge in [0.25, 0.3) is 0 Å². The van der Waals surface area contributed by atoms with E-state index in [0.29, 0.717) is 39.3 Å². The van der Waals surface area contributed by atoms with E-state index in [0.717, 1.165) is 26.1 Å². The molecule has 1 aliphatic heterocycles. The van der Waals surface area contributed by atoms with Crippen molar-refractivity contribution in [2.45, 2.75) is 20.3 Å². The average Bonchev–Trinajstić information content (AvgIpc) is 2.55. The smallest absolute Gasteiger partial charge is 0.311 e. The molecular formula is C15H30N4O3. The van der Waals surface area contributed by atoms with Crippen LogP contribution < -0.4 is 5.32 Å². The summed E-state index contributed by atoms with van der Waals surface area (Å²) < 4.78 is 0. The minimum absolute atomic E-state index is 0.126. The lowest BCUT2D eigenvalue weighted by molar-refractivity contribution is -0.147. The summed E-state index contributed by atoms with van der Waals surface area (Å²) in [6.07, 6.45) is 0.852. The van der Waals surface area contributed by atoms with Gasteiger partial charge in [0, 0.05) is 39.3 Å². The van der Waals surface area contributed by atoms with Gasteiger partial charge >= 0.3 is 11.8 Å². The van der Waals surface area contributed by atoms with Crippen molar-refractivity contribution in [3.8, 4) is 0 Å². The van der Waals surface area contributed by atoms with Crippen LogP contribution in [-0.4, -0.2) is 97.1 Å². The van der Waals surface area contributed by atoms with Crippen molar-refractivity contribution in [3.05, 3.63) is 0 Å². The molecule has 22 heavy (non-hydrogen) atoms. The molecule has 0 unspecified atom stereocenters. The number of carbonyl (C=O) groups is 2. The molecule has 7 nitrogen and oxygen atoms in total. The highest BCUT2D eigenvalue weighted by molar-refractivity contribution is 6.35. The molecule has 0 aromatic heterocycles. The van der Waals surface area contributed by atoms with Crippen LogP contribution >= 0.6 is 0 Å². The lowest BCUT2D eigenvalue weighted by Crippen LogP contribution is -2.53. The molecule has 1 heterocycles. The van der Waals surface area contributed by atoms with Gasteiger partial charge in [0.15, 0.2) is 0 Å². The van der Waals surface area contributed by atoms with E-state index in [4.69, 9.17) is 5.11 Å². The number of hydrogen-bond donors (Lipinski definition) is 2. The third-order valence-electron chi connectivity index (χ3n) is 4.10. The molecule has 0 aromatic carbocycles. The van der Waals surface area contributed by atoms with Crippen LogP contribution in [0.15, 0.2) is 0 Å². The summed E-state index contributed by atoms with van der Waals surface area (Å²) in [5.41, 5.74) is 0. The van der Waals surface area contributed by atoms with E-state index in [9.17, 15) is 9.59 Å². The van der Waals surface area contributed by atoms with Gasteiger partial charge in [-0.2, -0.15) is 0 Å².